The molecule has 0 fully saturated rings. The summed E-state index contributed by atoms with van der Waals surface area (Å²) in [5.41, 5.74) is 11.8. The van der Waals surface area contributed by atoms with Crippen LogP contribution in [0.4, 0.5) is 17.3 Å². The molecule has 0 aliphatic rings. The molecule has 0 bridgehead atoms. The van der Waals surface area contributed by atoms with Gasteiger partial charge in [-0.05, 0) is 31.2 Å². The highest BCUT2D eigenvalue weighted by molar-refractivity contribution is 5.62. The number of rotatable bonds is 3. The van der Waals surface area contributed by atoms with E-state index in [-0.39, 0.29) is 0 Å². The molecule has 0 aliphatic heterocycles. The van der Waals surface area contributed by atoms with Gasteiger partial charge in [-0.1, -0.05) is 0 Å². The number of pyridine rings is 1. The third-order valence-corrected chi connectivity index (χ3v) is 2.52. The molecule has 4 N–H and O–H groups in total. The van der Waals surface area contributed by atoms with E-state index in [2.05, 4.69) is 4.98 Å². The molecule has 90 valence electrons. The number of nitrogens with zero attached hydrogens (tertiary/aromatic N) is 2. The molecule has 2 heterocycles. The molecule has 0 atom stereocenters. The zero-order chi connectivity index (χ0) is 12.4. The lowest BCUT2D eigenvalue weighted by Gasteiger charge is -2.17. The Hall–Kier alpha value is -2.17. The quantitative estimate of drug-likeness (QED) is 0.843. The first-order valence-electron chi connectivity index (χ1n) is 5.34. The minimum Gasteiger partial charge on any atom is -0.464 e. The first-order valence-corrected chi connectivity index (χ1v) is 5.34. The van der Waals surface area contributed by atoms with Crippen LogP contribution in [0.2, 0.25) is 0 Å². The molecule has 2 aromatic heterocycles. The highest BCUT2D eigenvalue weighted by Crippen LogP contribution is 2.19. The topological polar surface area (TPSA) is 81.3 Å². The molecule has 0 spiro atoms. The second-order valence-electron chi connectivity index (χ2n) is 4.01. The van der Waals surface area contributed by atoms with Gasteiger partial charge in [0.15, 0.2) is 0 Å². The van der Waals surface area contributed by atoms with E-state index in [1.165, 1.54) is 0 Å². The molecule has 5 nitrogen and oxygen atoms in total. The van der Waals surface area contributed by atoms with E-state index in [1.54, 1.807) is 6.07 Å². The second-order valence-corrected chi connectivity index (χ2v) is 4.01. The van der Waals surface area contributed by atoms with Crippen molar-refractivity contribution in [3.63, 3.8) is 0 Å². The van der Waals surface area contributed by atoms with Crippen molar-refractivity contribution in [2.45, 2.75) is 13.5 Å². The molecule has 0 saturated heterocycles. The van der Waals surface area contributed by atoms with Crippen molar-refractivity contribution in [1.82, 2.24) is 4.98 Å². The number of aryl methyl sites for hydroxylation is 1. The van der Waals surface area contributed by atoms with Gasteiger partial charge in [0.25, 0.3) is 0 Å². The third-order valence-electron chi connectivity index (χ3n) is 2.52. The van der Waals surface area contributed by atoms with Crippen molar-refractivity contribution >= 4 is 17.3 Å². The average Bonchev–Trinajstić information content (AvgIpc) is 2.68. The molecule has 0 aliphatic carbocycles. The Balaban J connectivity index is 2.14. The molecule has 2 rings (SSSR count). The highest BCUT2D eigenvalue weighted by atomic mass is 16.3. The minimum atomic E-state index is 0.352. The largest absolute Gasteiger partial charge is 0.464 e. The first kappa shape index (κ1) is 11.3. The SMILES string of the molecule is Cc1ccc(CN(C)c2ccc(N)c(N)n2)o1. The van der Waals surface area contributed by atoms with Crippen molar-refractivity contribution in [1.29, 1.82) is 0 Å². The second kappa shape index (κ2) is 4.37. The van der Waals surface area contributed by atoms with Crippen LogP contribution in [0.1, 0.15) is 11.5 Å². The lowest BCUT2D eigenvalue weighted by Crippen LogP contribution is -2.18. The Kier molecular flexibility index (Phi) is 2.91. The minimum absolute atomic E-state index is 0.352. The Morgan fingerprint density at radius 3 is 2.59 bits per heavy atom. The normalized spacial score (nSPS) is 10.5. The van der Waals surface area contributed by atoms with Crippen molar-refractivity contribution in [2.24, 2.45) is 0 Å². The summed E-state index contributed by atoms with van der Waals surface area (Å²) in [6.07, 6.45) is 0. The van der Waals surface area contributed by atoms with Gasteiger partial charge in [0.1, 0.15) is 23.2 Å². The number of anilines is 3. The van der Waals surface area contributed by atoms with Gasteiger partial charge >= 0.3 is 0 Å². The molecule has 0 unspecified atom stereocenters. The number of nitrogen functional groups attached to an aromatic ring is 2. The van der Waals surface area contributed by atoms with E-state index in [1.807, 2.05) is 37.1 Å². The van der Waals surface area contributed by atoms with Crippen LogP contribution < -0.4 is 16.4 Å². The predicted octanol–water partition coefficient (Wildman–Crippen LogP) is 1.78. The number of nitrogens with two attached hydrogens (primary N) is 2. The van der Waals surface area contributed by atoms with Crippen LogP contribution in [-0.2, 0) is 6.54 Å². The lowest BCUT2D eigenvalue weighted by atomic mass is 10.3. The monoisotopic (exact) mass is 232 g/mol. The Bertz CT molecular complexity index is 521. The lowest BCUT2D eigenvalue weighted by molar-refractivity contribution is 0.481. The number of furan rings is 1. The van der Waals surface area contributed by atoms with Crippen LogP contribution in [-0.4, -0.2) is 12.0 Å². The fraction of sp³-hybridized carbons (Fsp3) is 0.250. The maximum absolute atomic E-state index is 5.67. The average molecular weight is 232 g/mol. The fourth-order valence-electron chi connectivity index (χ4n) is 1.57. The zero-order valence-corrected chi connectivity index (χ0v) is 9.97. The fourth-order valence-corrected chi connectivity index (χ4v) is 1.57. The molecule has 5 heteroatoms. The van der Waals surface area contributed by atoms with Crippen LogP contribution in [0.3, 0.4) is 0 Å². The van der Waals surface area contributed by atoms with E-state index in [0.717, 1.165) is 17.3 Å². The third kappa shape index (κ3) is 2.50. The van der Waals surface area contributed by atoms with Crippen molar-refractivity contribution in [3.8, 4) is 0 Å². The smallest absolute Gasteiger partial charge is 0.149 e. The van der Waals surface area contributed by atoms with Crippen LogP contribution in [0.5, 0.6) is 0 Å². The van der Waals surface area contributed by atoms with E-state index in [4.69, 9.17) is 15.9 Å². The summed E-state index contributed by atoms with van der Waals surface area (Å²) in [6.45, 7) is 2.56. The van der Waals surface area contributed by atoms with E-state index in [9.17, 15) is 0 Å². The van der Waals surface area contributed by atoms with Gasteiger partial charge in [-0.3, -0.25) is 0 Å². The van der Waals surface area contributed by atoms with Gasteiger partial charge < -0.3 is 20.8 Å². The standard InChI is InChI=1S/C12H16N4O/c1-8-3-4-9(17-8)7-16(2)11-6-5-10(13)12(14)15-11/h3-6H,7,13H2,1-2H3,(H2,14,15). The van der Waals surface area contributed by atoms with Crippen LogP contribution in [0.25, 0.3) is 0 Å². The molecule has 2 aromatic rings. The number of hydrogen-bond acceptors (Lipinski definition) is 5. The summed E-state index contributed by atoms with van der Waals surface area (Å²) >= 11 is 0. The Labute approximate surface area is 100 Å². The highest BCUT2D eigenvalue weighted by Gasteiger charge is 2.07. The molecule has 0 saturated carbocycles. The molecule has 17 heavy (non-hydrogen) atoms. The Morgan fingerprint density at radius 1 is 1.24 bits per heavy atom. The summed E-state index contributed by atoms with van der Waals surface area (Å²) in [5, 5.41) is 0. The summed E-state index contributed by atoms with van der Waals surface area (Å²) < 4.78 is 5.50. The van der Waals surface area contributed by atoms with Crippen LogP contribution in [0.15, 0.2) is 28.7 Å². The maximum atomic E-state index is 5.67. The summed E-state index contributed by atoms with van der Waals surface area (Å²) in [6, 6.07) is 7.48. The molecule has 0 amide bonds. The van der Waals surface area contributed by atoms with Gasteiger partial charge in [0, 0.05) is 7.05 Å². The molecule has 0 radical (unpaired) electrons. The molecular formula is C12H16N4O. The van der Waals surface area contributed by atoms with Gasteiger partial charge in [-0.25, -0.2) is 4.98 Å². The van der Waals surface area contributed by atoms with Crippen molar-refractivity contribution in [3.05, 3.63) is 35.8 Å². The van der Waals surface area contributed by atoms with Crippen LogP contribution in [0, 0.1) is 6.92 Å². The zero-order valence-electron chi connectivity index (χ0n) is 9.97. The van der Waals surface area contributed by atoms with Gasteiger partial charge in [0.05, 0.1) is 12.2 Å². The van der Waals surface area contributed by atoms with Crippen molar-refractivity contribution < 1.29 is 4.42 Å². The van der Waals surface area contributed by atoms with E-state index < -0.39 is 0 Å². The summed E-state index contributed by atoms with van der Waals surface area (Å²) in [4.78, 5) is 6.17. The number of aromatic nitrogens is 1. The van der Waals surface area contributed by atoms with Gasteiger partial charge in [0.2, 0.25) is 0 Å². The van der Waals surface area contributed by atoms with Gasteiger partial charge in [-0.15, -0.1) is 0 Å². The summed E-state index contributed by atoms with van der Waals surface area (Å²) in [7, 11) is 1.93. The maximum Gasteiger partial charge on any atom is 0.149 e. The molecule has 0 aromatic carbocycles. The first-order chi connectivity index (χ1) is 8.06. The van der Waals surface area contributed by atoms with E-state index >= 15 is 0 Å². The van der Waals surface area contributed by atoms with E-state index in [0.29, 0.717) is 18.1 Å². The predicted molar refractivity (Wildman–Crippen MR) is 68.6 cm³/mol. The number of hydrogen-bond donors (Lipinski definition) is 2. The summed E-state index contributed by atoms with van der Waals surface area (Å²) in [5.74, 6) is 2.91. The van der Waals surface area contributed by atoms with Gasteiger partial charge in [-0.2, -0.15) is 0 Å². The van der Waals surface area contributed by atoms with Crippen LogP contribution >= 0.6 is 0 Å². The Morgan fingerprint density at radius 2 is 2.00 bits per heavy atom. The molecular weight excluding hydrogens is 216 g/mol. The van der Waals surface area contributed by atoms with Crippen molar-refractivity contribution in [2.75, 3.05) is 23.4 Å².